The van der Waals surface area contributed by atoms with Crippen LogP contribution >= 0.6 is 12.2 Å². The number of hydrogen-bond donors (Lipinski definition) is 1. The van der Waals surface area contributed by atoms with Crippen molar-refractivity contribution in [3.63, 3.8) is 0 Å². The average molecular weight is 409 g/mol. The molecule has 0 radical (unpaired) electrons. The molecule has 0 aliphatic carbocycles. The number of nitrogens with zero attached hydrogens (tertiary/aromatic N) is 2. The standard InChI is InChI=1S/C19H25N3O3S2/c1-2-20(14-17-6-4-3-5-7-17)16-21-15-18(8-9-19(21)26)27(23,24)22-10-12-25-13-11-22/h3-9,15H,2,10-14,16H2,1H3/p+1. The molecule has 1 fully saturated rings. The van der Waals surface area contributed by atoms with Gasteiger partial charge in [-0.05, 0) is 19.1 Å². The van der Waals surface area contributed by atoms with Gasteiger partial charge in [-0.2, -0.15) is 4.31 Å². The van der Waals surface area contributed by atoms with E-state index < -0.39 is 10.0 Å². The van der Waals surface area contributed by atoms with E-state index in [0.29, 0.717) is 37.6 Å². The summed E-state index contributed by atoms with van der Waals surface area (Å²) in [6, 6.07) is 13.6. The van der Waals surface area contributed by atoms with Crippen molar-refractivity contribution >= 4 is 22.2 Å². The minimum atomic E-state index is -3.53. The molecule has 0 spiro atoms. The van der Waals surface area contributed by atoms with Gasteiger partial charge in [-0.15, -0.1) is 0 Å². The number of rotatable bonds is 7. The Morgan fingerprint density at radius 2 is 1.81 bits per heavy atom. The third-order valence-corrected chi connectivity index (χ3v) is 7.01. The molecule has 146 valence electrons. The van der Waals surface area contributed by atoms with E-state index in [1.165, 1.54) is 14.8 Å². The second-order valence-corrected chi connectivity index (χ2v) is 8.97. The van der Waals surface area contributed by atoms with E-state index in [0.717, 1.165) is 13.1 Å². The zero-order chi connectivity index (χ0) is 19.3. The van der Waals surface area contributed by atoms with Crippen LogP contribution < -0.4 is 4.90 Å². The van der Waals surface area contributed by atoms with E-state index in [1.807, 2.05) is 22.8 Å². The monoisotopic (exact) mass is 408 g/mol. The van der Waals surface area contributed by atoms with Crippen molar-refractivity contribution in [3.8, 4) is 0 Å². The maximum atomic E-state index is 12.9. The van der Waals surface area contributed by atoms with Gasteiger partial charge in [0, 0.05) is 24.8 Å². The average Bonchev–Trinajstić information content (AvgIpc) is 2.70. The normalized spacial score (nSPS) is 16.9. The molecule has 6 nitrogen and oxygen atoms in total. The van der Waals surface area contributed by atoms with Crippen LogP contribution in [0, 0.1) is 4.64 Å². The fraction of sp³-hybridized carbons (Fsp3) is 0.421. The molecule has 1 aromatic heterocycles. The highest BCUT2D eigenvalue weighted by Gasteiger charge is 2.26. The van der Waals surface area contributed by atoms with Crippen LogP contribution in [-0.2, 0) is 28.0 Å². The zero-order valence-electron chi connectivity index (χ0n) is 15.5. The first-order valence-electron chi connectivity index (χ1n) is 9.16. The number of sulfonamides is 1. The topological polar surface area (TPSA) is 56.0 Å². The molecular formula is C19H26N3O3S2+. The Hall–Kier alpha value is -1.58. The second-order valence-electron chi connectivity index (χ2n) is 6.61. The number of morpholine rings is 1. The molecule has 1 aliphatic rings. The lowest BCUT2D eigenvalue weighted by atomic mass is 10.2. The summed E-state index contributed by atoms with van der Waals surface area (Å²) < 4.78 is 35.1. The summed E-state index contributed by atoms with van der Waals surface area (Å²) in [5.74, 6) is 0. The van der Waals surface area contributed by atoms with Gasteiger partial charge >= 0.3 is 0 Å². The SMILES string of the molecule is CC[NH+](Cc1ccccc1)Cn1cc(S(=O)(=O)N2CCOCC2)ccc1=S. The van der Waals surface area contributed by atoms with Crippen molar-refractivity contribution in [1.82, 2.24) is 8.87 Å². The van der Waals surface area contributed by atoms with E-state index in [9.17, 15) is 8.42 Å². The molecule has 1 saturated heterocycles. The van der Waals surface area contributed by atoms with Gasteiger partial charge in [-0.3, -0.25) is 4.57 Å². The van der Waals surface area contributed by atoms with Crippen LogP contribution in [0.4, 0.5) is 0 Å². The molecular weight excluding hydrogens is 382 g/mol. The summed E-state index contributed by atoms with van der Waals surface area (Å²) in [7, 11) is -3.53. The molecule has 1 unspecified atom stereocenters. The van der Waals surface area contributed by atoms with Crippen LogP contribution in [0.1, 0.15) is 12.5 Å². The van der Waals surface area contributed by atoms with E-state index >= 15 is 0 Å². The van der Waals surface area contributed by atoms with Gasteiger partial charge in [0.1, 0.15) is 11.2 Å². The molecule has 1 aromatic carbocycles. The highest BCUT2D eigenvalue weighted by molar-refractivity contribution is 7.89. The first-order chi connectivity index (χ1) is 13.0. The van der Waals surface area contributed by atoms with Crippen LogP contribution in [-0.4, -0.2) is 50.1 Å². The summed E-state index contributed by atoms with van der Waals surface area (Å²) in [6.07, 6.45) is 1.67. The summed E-state index contributed by atoms with van der Waals surface area (Å²) >= 11 is 5.44. The fourth-order valence-electron chi connectivity index (χ4n) is 3.14. The van der Waals surface area contributed by atoms with Gasteiger partial charge in [0.2, 0.25) is 10.0 Å². The molecule has 1 N–H and O–H groups in total. The van der Waals surface area contributed by atoms with Crippen molar-refractivity contribution in [2.75, 3.05) is 32.8 Å². The molecule has 2 heterocycles. The molecule has 0 saturated carbocycles. The Kier molecular flexibility index (Phi) is 6.78. The summed E-state index contributed by atoms with van der Waals surface area (Å²) in [4.78, 5) is 1.59. The largest absolute Gasteiger partial charge is 0.379 e. The maximum Gasteiger partial charge on any atom is 0.244 e. The number of ether oxygens (including phenoxy) is 1. The molecule has 8 heteroatoms. The number of aromatic nitrogens is 1. The molecule has 2 aromatic rings. The van der Waals surface area contributed by atoms with Crippen molar-refractivity contribution in [2.24, 2.45) is 0 Å². The Bertz CT molecular complexity index is 907. The van der Waals surface area contributed by atoms with Gasteiger partial charge in [-0.1, -0.05) is 42.5 Å². The number of nitrogens with one attached hydrogen (secondary N) is 1. The van der Waals surface area contributed by atoms with Crippen molar-refractivity contribution in [2.45, 2.75) is 25.0 Å². The molecule has 3 rings (SSSR count). The summed E-state index contributed by atoms with van der Waals surface area (Å²) in [5.41, 5.74) is 1.25. The lowest BCUT2D eigenvalue weighted by molar-refractivity contribution is -0.934. The van der Waals surface area contributed by atoms with Gasteiger partial charge in [-0.25, -0.2) is 8.42 Å². The van der Waals surface area contributed by atoms with Crippen molar-refractivity contribution < 1.29 is 18.1 Å². The maximum absolute atomic E-state index is 12.9. The predicted octanol–water partition coefficient (Wildman–Crippen LogP) is 1.30. The minimum Gasteiger partial charge on any atom is -0.379 e. The van der Waals surface area contributed by atoms with Crippen molar-refractivity contribution in [1.29, 1.82) is 0 Å². The third kappa shape index (κ3) is 5.03. The smallest absolute Gasteiger partial charge is 0.244 e. The lowest BCUT2D eigenvalue weighted by Crippen LogP contribution is -3.09. The Morgan fingerprint density at radius 1 is 1.11 bits per heavy atom. The lowest BCUT2D eigenvalue weighted by Gasteiger charge is -2.26. The number of hydrogen-bond acceptors (Lipinski definition) is 4. The number of pyridine rings is 1. The Balaban J connectivity index is 1.81. The highest BCUT2D eigenvalue weighted by atomic mass is 32.2. The van der Waals surface area contributed by atoms with Gasteiger partial charge in [0.15, 0.2) is 6.67 Å². The van der Waals surface area contributed by atoms with Crippen LogP contribution in [0.25, 0.3) is 0 Å². The van der Waals surface area contributed by atoms with Gasteiger partial charge < -0.3 is 9.64 Å². The molecule has 1 atom stereocenters. The number of benzene rings is 1. The Morgan fingerprint density at radius 3 is 2.48 bits per heavy atom. The minimum absolute atomic E-state index is 0.285. The molecule has 0 amide bonds. The predicted molar refractivity (Wildman–Crippen MR) is 106 cm³/mol. The first-order valence-corrected chi connectivity index (χ1v) is 11.0. The second kappa shape index (κ2) is 9.07. The van der Waals surface area contributed by atoms with Gasteiger partial charge in [0.05, 0.1) is 24.7 Å². The highest BCUT2D eigenvalue weighted by Crippen LogP contribution is 2.16. The summed E-state index contributed by atoms with van der Waals surface area (Å²) in [5, 5.41) is 0. The first kappa shape index (κ1) is 20.2. The van der Waals surface area contributed by atoms with E-state index in [-0.39, 0.29) is 4.90 Å². The van der Waals surface area contributed by atoms with Crippen LogP contribution in [0.15, 0.2) is 53.6 Å². The molecule has 1 aliphatic heterocycles. The Labute approximate surface area is 166 Å². The zero-order valence-corrected chi connectivity index (χ0v) is 17.1. The molecule has 27 heavy (non-hydrogen) atoms. The van der Waals surface area contributed by atoms with E-state index in [2.05, 4.69) is 19.1 Å². The fourth-order valence-corrected chi connectivity index (χ4v) is 4.75. The van der Waals surface area contributed by atoms with Crippen LogP contribution in [0.5, 0.6) is 0 Å². The summed E-state index contributed by atoms with van der Waals surface area (Å²) in [6.45, 7) is 6.16. The number of quaternary nitrogens is 1. The quantitative estimate of drug-likeness (QED) is 0.702. The van der Waals surface area contributed by atoms with Crippen molar-refractivity contribution in [3.05, 3.63) is 58.9 Å². The van der Waals surface area contributed by atoms with E-state index in [1.54, 1.807) is 18.3 Å². The van der Waals surface area contributed by atoms with Gasteiger partial charge in [0.25, 0.3) is 0 Å². The van der Waals surface area contributed by atoms with Crippen LogP contribution in [0.3, 0.4) is 0 Å². The van der Waals surface area contributed by atoms with E-state index in [4.69, 9.17) is 17.0 Å². The molecule has 0 bridgehead atoms. The van der Waals surface area contributed by atoms with Crippen LogP contribution in [0.2, 0.25) is 0 Å². The third-order valence-electron chi connectivity index (χ3n) is 4.76.